The number of carbonyl (C=O) groups is 1. The van der Waals surface area contributed by atoms with E-state index >= 15 is 0 Å². The van der Waals surface area contributed by atoms with Crippen LogP contribution in [0.2, 0.25) is 0 Å². The summed E-state index contributed by atoms with van der Waals surface area (Å²) in [6.45, 7) is 5.67. The molecule has 3 aromatic heterocycles. The van der Waals surface area contributed by atoms with E-state index in [-0.39, 0.29) is 5.91 Å². The zero-order chi connectivity index (χ0) is 21.8. The van der Waals surface area contributed by atoms with E-state index in [0.717, 1.165) is 49.6 Å². The van der Waals surface area contributed by atoms with Crippen LogP contribution < -0.4 is 10.2 Å². The molecule has 9 nitrogen and oxygen atoms in total. The molecule has 1 aliphatic heterocycles. The maximum absolute atomic E-state index is 12.0. The van der Waals surface area contributed by atoms with Crippen LogP contribution in [0.15, 0.2) is 65.7 Å². The van der Waals surface area contributed by atoms with Crippen molar-refractivity contribution in [2.45, 2.75) is 13.1 Å². The molecule has 1 N–H and O–H groups in total. The number of aromatic nitrogens is 4. The Kier molecular flexibility index (Phi) is 5.80. The highest BCUT2D eigenvalue weighted by Crippen LogP contribution is 2.24. The van der Waals surface area contributed by atoms with Crippen LogP contribution in [0.25, 0.3) is 11.0 Å². The molecule has 1 fully saturated rings. The van der Waals surface area contributed by atoms with Gasteiger partial charge in [0.2, 0.25) is 0 Å². The number of benzene rings is 1. The van der Waals surface area contributed by atoms with Crippen LogP contribution in [0.5, 0.6) is 0 Å². The van der Waals surface area contributed by atoms with E-state index < -0.39 is 0 Å². The maximum Gasteiger partial charge on any atom is 0.287 e. The molecule has 1 amide bonds. The number of nitrogens with zero attached hydrogens (tertiary/aromatic N) is 6. The topological polar surface area (TPSA) is 92.3 Å². The summed E-state index contributed by atoms with van der Waals surface area (Å²) in [4.78, 5) is 25.8. The van der Waals surface area contributed by atoms with Crippen molar-refractivity contribution in [1.82, 2.24) is 30.0 Å². The average Bonchev–Trinajstić information content (AvgIpc) is 3.51. The summed E-state index contributed by atoms with van der Waals surface area (Å²) < 4.78 is 6.91. The number of fused-ring (bicyclic) bond motifs is 1. The third-order valence-electron chi connectivity index (χ3n) is 5.69. The van der Waals surface area contributed by atoms with Crippen molar-refractivity contribution in [3.05, 3.63) is 72.6 Å². The van der Waals surface area contributed by atoms with Crippen molar-refractivity contribution in [2.75, 3.05) is 37.6 Å². The second-order valence-corrected chi connectivity index (χ2v) is 7.78. The van der Waals surface area contributed by atoms with Crippen LogP contribution in [-0.2, 0) is 13.1 Å². The van der Waals surface area contributed by atoms with Gasteiger partial charge in [0.15, 0.2) is 11.4 Å². The summed E-state index contributed by atoms with van der Waals surface area (Å²) in [6, 6.07) is 13.9. The van der Waals surface area contributed by atoms with Crippen LogP contribution >= 0.6 is 0 Å². The Hall–Kier alpha value is -3.72. The number of hydrogen-bond donors (Lipinski definition) is 1. The van der Waals surface area contributed by atoms with Gasteiger partial charge in [-0.15, -0.1) is 0 Å². The molecule has 32 heavy (non-hydrogen) atoms. The number of anilines is 1. The fourth-order valence-corrected chi connectivity index (χ4v) is 4.03. The van der Waals surface area contributed by atoms with E-state index in [9.17, 15) is 4.79 Å². The van der Waals surface area contributed by atoms with E-state index in [0.29, 0.717) is 18.8 Å². The maximum atomic E-state index is 12.0. The van der Waals surface area contributed by atoms with E-state index in [4.69, 9.17) is 4.42 Å². The minimum Gasteiger partial charge on any atom is -0.459 e. The molecule has 1 aliphatic rings. The highest BCUT2D eigenvalue weighted by molar-refractivity contribution is 5.91. The Labute approximate surface area is 185 Å². The zero-order valence-electron chi connectivity index (χ0n) is 17.7. The van der Waals surface area contributed by atoms with Crippen molar-refractivity contribution < 1.29 is 9.21 Å². The Morgan fingerprint density at radius 2 is 1.88 bits per heavy atom. The van der Waals surface area contributed by atoms with Gasteiger partial charge in [-0.2, -0.15) is 5.10 Å². The lowest BCUT2D eigenvalue weighted by Crippen LogP contribution is -2.46. The van der Waals surface area contributed by atoms with Gasteiger partial charge in [0.1, 0.15) is 12.1 Å². The first-order valence-electron chi connectivity index (χ1n) is 10.8. The molecule has 0 spiro atoms. The van der Waals surface area contributed by atoms with Crippen LogP contribution in [-0.4, -0.2) is 63.3 Å². The lowest BCUT2D eigenvalue weighted by Gasteiger charge is -2.35. The number of nitrogens with one attached hydrogen (secondary N) is 1. The van der Waals surface area contributed by atoms with Crippen LogP contribution in [0, 0.1) is 0 Å². The van der Waals surface area contributed by atoms with Gasteiger partial charge in [0, 0.05) is 39.3 Å². The molecule has 164 valence electrons. The predicted octanol–water partition coefficient (Wildman–Crippen LogP) is 2.17. The first kappa shape index (κ1) is 20.2. The third kappa shape index (κ3) is 4.33. The molecular formula is C23H25N7O2. The molecular weight excluding hydrogens is 406 g/mol. The van der Waals surface area contributed by atoms with Gasteiger partial charge in [0.05, 0.1) is 24.4 Å². The minimum atomic E-state index is -0.241. The van der Waals surface area contributed by atoms with Crippen molar-refractivity contribution >= 4 is 22.8 Å². The number of rotatable bonds is 7. The quantitative estimate of drug-likeness (QED) is 0.479. The fourth-order valence-electron chi connectivity index (χ4n) is 4.03. The largest absolute Gasteiger partial charge is 0.459 e. The molecule has 1 saturated heterocycles. The van der Waals surface area contributed by atoms with Gasteiger partial charge in [0.25, 0.3) is 5.91 Å². The summed E-state index contributed by atoms with van der Waals surface area (Å²) in [6.07, 6.45) is 4.89. The van der Waals surface area contributed by atoms with Crippen molar-refractivity contribution in [2.24, 2.45) is 0 Å². The van der Waals surface area contributed by atoms with Crippen molar-refractivity contribution in [3.8, 4) is 0 Å². The lowest BCUT2D eigenvalue weighted by atomic mass is 10.2. The van der Waals surface area contributed by atoms with Gasteiger partial charge in [-0.3, -0.25) is 9.69 Å². The van der Waals surface area contributed by atoms with E-state index in [1.54, 1.807) is 23.1 Å². The zero-order valence-corrected chi connectivity index (χ0v) is 17.7. The second-order valence-electron chi connectivity index (χ2n) is 7.78. The first-order valence-corrected chi connectivity index (χ1v) is 10.8. The Balaban J connectivity index is 1.21. The summed E-state index contributed by atoms with van der Waals surface area (Å²) in [5, 5.41) is 8.25. The number of hydrogen-bond acceptors (Lipinski definition) is 7. The Morgan fingerprint density at radius 3 is 2.66 bits per heavy atom. The Morgan fingerprint density at radius 1 is 1.03 bits per heavy atom. The molecule has 0 saturated carbocycles. The van der Waals surface area contributed by atoms with E-state index in [1.165, 1.54) is 11.8 Å². The van der Waals surface area contributed by atoms with Crippen molar-refractivity contribution in [3.63, 3.8) is 0 Å². The monoisotopic (exact) mass is 431 g/mol. The van der Waals surface area contributed by atoms with Crippen LogP contribution in [0.1, 0.15) is 16.1 Å². The molecule has 5 rings (SSSR count). The highest BCUT2D eigenvalue weighted by Gasteiger charge is 2.21. The SMILES string of the molecule is O=C(NCCn1ncc2c(N3CCN(Cc4ccccc4)CC3)ncnc21)c1ccco1. The molecule has 0 unspecified atom stereocenters. The summed E-state index contributed by atoms with van der Waals surface area (Å²) in [7, 11) is 0. The van der Waals surface area contributed by atoms with Gasteiger partial charge >= 0.3 is 0 Å². The lowest BCUT2D eigenvalue weighted by molar-refractivity contribution is 0.0924. The molecule has 0 atom stereocenters. The van der Waals surface area contributed by atoms with Gasteiger partial charge in [-0.1, -0.05) is 30.3 Å². The number of amides is 1. The molecule has 0 bridgehead atoms. The normalized spacial score (nSPS) is 14.7. The number of piperazine rings is 1. The Bertz CT molecular complexity index is 1170. The second kappa shape index (κ2) is 9.19. The molecule has 0 aliphatic carbocycles. The molecule has 4 heterocycles. The molecule has 9 heteroatoms. The van der Waals surface area contributed by atoms with Crippen LogP contribution in [0.4, 0.5) is 5.82 Å². The highest BCUT2D eigenvalue weighted by atomic mass is 16.3. The molecule has 0 radical (unpaired) electrons. The first-order chi connectivity index (χ1) is 15.8. The summed E-state index contributed by atoms with van der Waals surface area (Å²) in [5.41, 5.74) is 2.11. The van der Waals surface area contributed by atoms with Crippen molar-refractivity contribution in [1.29, 1.82) is 0 Å². The summed E-state index contributed by atoms with van der Waals surface area (Å²) >= 11 is 0. The minimum absolute atomic E-state index is 0.241. The third-order valence-corrected chi connectivity index (χ3v) is 5.69. The van der Waals surface area contributed by atoms with E-state index in [2.05, 4.69) is 60.5 Å². The van der Waals surface area contributed by atoms with E-state index in [1.807, 2.05) is 6.20 Å². The molecule has 1 aromatic carbocycles. The van der Waals surface area contributed by atoms with Gasteiger partial charge in [-0.25, -0.2) is 14.6 Å². The van der Waals surface area contributed by atoms with Crippen LogP contribution in [0.3, 0.4) is 0 Å². The fraction of sp³-hybridized carbons (Fsp3) is 0.304. The standard InChI is InChI=1S/C23H25N7O2/c31-23(20-7-4-14-32-20)24-8-9-30-22-19(15-27-30)21(25-17-26-22)29-12-10-28(11-13-29)16-18-5-2-1-3-6-18/h1-7,14-15,17H,8-13,16H2,(H,24,31). The smallest absolute Gasteiger partial charge is 0.287 e. The predicted molar refractivity (Wildman–Crippen MR) is 120 cm³/mol. The number of carbonyl (C=O) groups excluding carboxylic acids is 1. The van der Waals surface area contributed by atoms with Gasteiger partial charge < -0.3 is 14.6 Å². The number of furan rings is 1. The van der Waals surface area contributed by atoms with Gasteiger partial charge in [-0.05, 0) is 17.7 Å². The molecule has 4 aromatic rings. The average molecular weight is 432 g/mol. The summed E-state index contributed by atoms with van der Waals surface area (Å²) in [5.74, 6) is 0.974.